The van der Waals surface area contributed by atoms with E-state index in [1.54, 1.807) is 0 Å². The van der Waals surface area contributed by atoms with Gasteiger partial charge in [0.2, 0.25) is 0 Å². The zero-order valence-electron chi connectivity index (χ0n) is 15.1. The number of fused-ring (bicyclic) bond motifs is 1. The van der Waals surface area contributed by atoms with Crippen LogP contribution in [-0.2, 0) is 0 Å². The fourth-order valence-corrected chi connectivity index (χ4v) is 8.69. The second-order valence-electron chi connectivity index (χ2n) is 8.20. The third-order valence-electron chi connectivity index (χ3n) is 3.74. The molecule has 0 N–H and O–H groups in total. The predicted molar refractivity (Wildman–Crippen MR) is 101 cm³/mol. The third kappa shape index (κ3) is 3.14. The number of aromatic nitrogens is 2. The van der Waals surface area contributed by atoms with E-state index in [1.807, 2.05) is 0 Å². The van der Waals surface area contributed by atoms with Crippen LogP contribution in [0, 0.1) is 4.32 Å². The van der Waals surface area contributed by atoms with Crippen molar-refractivity contribution in [2.45, 2.75) is 71.7 Å². The van der Waals surface area contributed by atoms with E-state index in [2.05, 4.69) is 104 Å². The Morgan fingerprint density at radius 2 is 1.36 bits per heavy atom. The van der Waals surface area contributed by atoms with Crippen LogP contribution in [0.1, 0.15) is 61.4 Å². The van der Waals surface area contributed by atoms with Gasteiger partial charge in [0.15, 0.2) is 0 Å². The molecule has 0 unspecified atom stereocenters. The standard InChI is InChI=1S/C18H29N2PSe/c1-13(2)19-14-11-9-10-12-15(14)20(16(19)22)21(17(3,4)5)18(6,7)8/h9-13H,1-8H3. The van der Waals surface area contributed by atoms with Gasteiger partial charge in [-0.15, -0.1) is 0 Å². The summed E-state index contributed by atoms with van der Waals surface area (Å²) in [6, 6.07) is 9.25. The minimum atomic E-state index is -0.398. The van der Waals surface area contributed by atoms with E-state index >= 15 is 0 Å². The normalized spacial score (nSPS) is 13.5. The molecular weight excluding hydrogens is 354 g/mol. The summed E-state index contributed by atoms with van der Waals surface area (Å²) in [7, 11) is -0.398. The number of nitrogens with zero attached hydrogens (tertiary/aromatic N) is 2. The second kappa shape index (κ2) is 5.93. The van der Waals surface area contributed by atoms with Gasteiger partial charge in [0.1, 0.15) is 0 Å². The zero-order chi connectivity index (χ0) is 16.9. The molecule has 0 bridgehead atoms. The van der Waals surface area contributed by atoms with E-state index in [9.17, 15) is 0 Å². The third-order valence-corrected chi connectivity index (χ3v) is 8.19. The van der Waals surface area contributed by atoms with Gasteiger partial charge in [-0.1, -0.05) is 0 Å². The van der Waals surface area contributed by atoms with Gasteiger partial charge in [-0.2, -0.15) is 0 Å². The molecule has 0 radical (unpaired) electrons. The molecule has 0 saturated heterocycles. The van der Waals surface area contributed by atoms with Gasteiger partial charge < -0.3 is 0 Å². The average Bonchev–Trinajstić information content (AvgIpc) is 2.59. The van der Waals surface area contributed by atoms with Crippen molar-refractivity contribution in [2.24, 2.45) is 0 Å². The van der Waals surface area contributed by atoms with E-state index in [-0.39, 0.29) is 10.3 Å². The van der Waals surface area contributed by atoms with Crippen molar-refractivity contribution >= 4 is 34.7 Å². The maximum atomic E-state index is 3.38. The number of para-hydroxylation sites is 2. The van der Waals surface area contributed by atoms with Crippen LogP contribution in [0.3, 0.4) is 0 Å². The van der Waals surface area contributed by atoms with E-state index in [0.717, 1.165) is 0 Å². The topological polar surface area (TPSA) is 9.86 Å². The Labute approximate surface area is 144 Å². The monoisotopic (exact) mass is 384 g/mol. The molecule has 2 rings (SSSR count). The summed E-state index contributed by atoms with van der Waals surface area (Å²) < 4.78 is 6.28. The molecule has 1 aromatic carbocycles. The van der Waals surface area contributed by atoms with Crippen LogP contribution < -0.4 is 0 Å². The number of rotatable bonds is 2. The van der Waals surface area contributed by atoms with E-state index in [1.165, 1.54) is 15.4 Å². The van der Waals surface area contributed by atoms with Gasteiger partial charge >= 0.3 is 144 Å². The van der Waals surface area contributed by atoms with Gasteiger partial charge in [0.25, 0.3) is 0 Å². The molecule has 4 heteroatoms. The van der Waals surface area contributed by atoms with Gasteiger partial charge in [0.05, 0.1) is 0 Å². The van der Waals surface area contributed by atoms with E-state index in [0.29, 0.717) is 6.04 Å². The van der Waals surface area contributed by atoms with Crippen LogP contribution in [0.15, 0.2) is 24.3 Å². The summed E-state index contributed by atoms with van der Waals surface area (Å²) in [6.45, 7) is 18.8. The Morgan fingerprint density at radius 1 is 0.909 bits per heavy atom. The minimum absolute atomic E-state index is 0.239. The summed E-state index contributed by atoms with van der Waals surface area (Å²) in [6.07, 6.45) is 0. The van der Waals surface area contributed by atoms with Crippen LogP contribution in [0.25, 0.3) is 11.0 Å². The Kier molecular flexibility index (Phi) is 4.85. The molecule has 0 aliphatic rings. The van der Waals surface area contributed by atoms with Crippen LogP contribution in [0.5, 0.6) is 0 Å². The first-order valence-electron chi connectivity index (χ1n) is 7.99. The van der Waals surface area contributed by atoms with Gasteiger partial charge in [-0.05, 0) is 0 Å². The first kappa shape index (κ1) is 18.0. The summed E-state index contributed by atoms with van der Waals surface area (Å²) >= 11 is 3.38. The van der Waals surface area contributed by atoms with Crippen LogP contribution in [0.2, 0.25) is 0 Å². The van der Waals surface area contributed by atoms with Crippen molar-refractivity contribution < 1.29 is 0 Å². The van der Waals surface area contributed by atoms with Crippen molar-refractivity contribution in [3.05, 3.63) is 28.6 Å². The van der Waals surface area contributed by atoms with Crippen LogP contribution in [0.4, 0.5) is 0 Å². The molecule has 22 heavy (non-hydrogen) atoms. The van der Waals surface area contributed by atoms with Crippen LogP contribution in [-0.4, -0.2) is 34.8 Å². The van der Waals surface area contributed by atoms with Crippen molar-refractivity contribution in [3.63, 3.8) is 0 Å². The Hall–Kier alpha value is -0.361. The molecule has 122 valence electrons. The first-order valence-corrected chi connectivity index (χ1v) is 10.1. The SMILES string of the molecule is CC(C)n1c(=[Se])n(P(C(C)(C)C)C(C)(C)C)c2ccccc21. The van der Waals surface area contributed by atoms with Crippen molar-refractivity contribution in [1.29, 1.82) is 0 Å². The molecule has 0 aliphatic heterocycles. The fourth-order valence-electron chi connectivity index (χ4n) is 3.45. The Morgan fingerprint density at radius 3 is 1.77 bits per heavy atom. The van der Waals surface area contributed by atoms with Crippen molar-refractivity contribution in [3.8, 4) is 0 Å². The molecule has 0 atom stereocenters. The molecule has 2 nitrogen and oxygen atoms in total. The number of hydrogen-bond donors (Lipinski definition) is 0. The molecule has 0 spiro atoms. The molecule has 0 fully saturated rings. The van der Waals surface area contributed by atoms with Gasteiger partial charge in [0, 0.05) is 0 Å². The summed E-state index contributed by atoms with van der Waals surface area (Å²) in [4.78, 5) is 0. The molecule has 1 aromatic heterocycles. The number of benzene rings is 1. The molecule has 0 aliphatic carbocycles. The summed E-state index contributed by atoms with van der Waals surface area (Å²) in [5.41, 5.74) is 2.67. The average molecular weight is 383 g/mol. The Balaban J connectivity index is 2.91. The number of imidazole rings is 1. The zero-order valence-corrected chi connectivity index (χ0v) is 17.7. The summed E-state index contributed by atoms with van der Waals surface area (Å²) in [5.74, 6) is 0. The van der Waals surface area contributed by atoms with Gasteiger partial charge in [-0.3, -0.25) is 0 Å². The predicted octanol–water partition coefficient (Wildman–Crippen LogP) is 5.57. The summed E-state index contributed by atoms with van der Waals surface area (Å²) in [5, 5.41) is 0.478. The molecule has 0 amide bonds. The van der Waals surface area contributed by atoms with Crippen molar-refractivity contribution in [2.75, 3.05) is 0 Å². The first-order chi connectivity index (χ1) is 9.96. The fraction of sp³-hybridized carbons (Fsp3) is 0.611. The van der Waals surface area contributed by atoms with E-state index in [4.69, 9.17) is 0 Å². The molecule has 1 heterocycles. The molecule has 2 aromatic rings. The second-order valence-corrected chi connectivity index (χ2v) is 12.7. The van der Waals surface area contributed by atoms with E-state index < -0.39 is 8.07 Å². The van der Waals surface area contributed by atoms with Crippen molar-refractivity contribution in [1.82, 2.24) is 8.90 Å². The molecule has 0 saturated carbocycles. The molecular formula is C18H29N2PSe. The maximum absolute atomic E-state index is 3.38. The number of hydrogen-bond acceptors (Lipinski definition) is 0. The van der Waals surface area contributed by atoms with Crippen LogP contribution >= 0.6 is 8.07 Å². The Bertz CT molecular complexity index is 712. The quantitative estimate of drug-likeness (QED) is 0.474. The van der Waals surface area contributed by atoms with Gasteiger partial charge in [-0.25, -0.2) is 0 Å².